The number of anilines is 2. The van der Waals surface area contributed by atoms with Gasteiger partial charge in [-0.1, -0.05) is 48.2 Å². The summed E-state index contributed by atoms with van der Waals surface area (Å²) in [5.41, 5.74) is 1.15. The van der Waals surface area contributed by atoms with Crippen LogP contribution < -0.4 is 16.0 Å². The average molecular weight is 396 g/mol. The van der Waals surface area contributed by atoms with E-state index < -0.39 is 17.1 Å². The van der Waals surface area contributed by atoms with Crippen LogP contribution in [0, 0.1) is 0 Å². The van der Waals surface area contributed by atoms with E-state index in [9.17, 15) is 14.4 Å². The third-order valence-corrected chi connectivity index (χ3v) is 4.95. The van der Waals surface area contributed by atoms with Crippen LogP contribution in [0.5, 0.6) is 0 Å². The van der Waals surface area contributed by atoms with Crippen LogP contribution in [-0.2, 0) is 14.4 Å². The molecule has 7 nitrogen and oxygen atoms in total. The van der Waals surface area contributed by atoms with Gasteiger partial charge in [-0.15, -0.1) is 0 Å². The Balaban J connectivity index is 1.79. The summed E-state index contributed by atoms with van der Waals surface area (Å²) in [6.45, 7) is 1.81. The van der Waals surface area contributed by atoms with Crippen LogP contribution in [0.4, 0.5) is 11.4 Å². The van der Waals surface area contributed by atoms with E-state index in [2.05, 4.69) is 20.9 Å². The number of aliphatic imine (C=N–C) groups is 1. The number of benzene rings is 2. The van der Waals surface area contributed by atoms with Gasteiger partial charge in [-0.25, -0.2) is 0 Å². The number of carbonyl (C=O) groups excluding carboxylic acids is 3. The van der Waals surface area contributed by atoms with Gasteiger partial charge in [-0.2, -0.15) is 0 Å². The van der Waals surface area contributed by atoms with Crippen molar-refractivity contribution in [3.05, 3.63) is 60.7 Å². The van der Waals surface area contributed by atoms with Gasteiger partial charge in [0, 0.05) is 17.8 Å². The van der Waals surface area contributed by atoms with E-state index >= 15 is 0 Å². The van der Waals surface area contributed by atoms with Crippen LogP contribution >= 0.6 is 11.8 Å². The Bertz CT molecular complexity index is 833. The Kier molecular flexibility index (Phi) is 6.44. The van der Waals surface area contributed by atoms with Crippen molar-refractivity contribution in [2.24, 2.45) is 4.99 Å². The van der Waals surface area contributed by atoms with Crippen LogP contribution in [0.2, 0.25) is 0 Å². The average Bonchev–Trinajstić information content (AvgIpc) is 2.67. The zero-order valence-electron chi connectivity index (χ0n) is 15.2. The molecule has 0 saturated heterocycles. The third-order valence-electron chi connectivity index (χ3n) is 3.85. The van der Waals surface area contributed by atoms with E-state index in [0.29, 0.717) is 11.4 Å². The number of hydrogen-bond donors (Lipinski definition) is 3. The minimum atomic E-state index is -1.13. The normalized spacial score (nSPS) is 16.1. The molecule has 1 atom stereocenters. The minimum absolute atomic E-state index is 0.185. The smallest absolute Gasteiger partial charge is 0.247 e. The SMILES string of the molecule is C[C@@H]1CC(=O)NC(SC(C(=O)Nc2ccccc2)C(=O)Nc2ccccc2)=N1. The summed E-state index contributed by atoms with van der Waals surface area (Å²) < 4.78 is 0. The first kappa shape index (κ1) is 19.6. The number of carbonyl (C=O) groups is 3. The predicted molar refractivity (Wildman–Crippen MR) is 111 cm³/mol. The molecule has 0 fully saturated rings. The van der Waals surface area contributed by atoms with Crippen LogP contribution in [0.3, 0.4) is 0 Å². The quantitative estimate of drug-likeness (QED) is 0.677. The van der Waals surface area contributed by atoms with Gasteiger partial charge in [-0.05, 0) is 31.2 Å². The number of rotatable bonds is 5. The number of nitrogens with one attached hydrogen (secondary N) is 3. The molecule has 0 aliphatic carbocycles. The second-order valence-corrected chi connectivity index (χ2v) is 7.34. The summed E-state index contributed by atoms with van der Waals surface area (Å²) in [6.07, 6.45) is 0.279. The van der Waals surface area contributed by atoms with Crippen LogP contribution in [-0.4, -0.2) is 34.2 Å². The fraction of sp³-hybridized carbons (Fsp3) is 0.200. The van der Waals surface area contributed by atoms with Crippen LogP contribution in [0.25, 0.3) is 0 Å². The number of hydrogen-bond acceptors (Lipinski definition) is 5. The Morgan fingerprint density at radius 2 is 1.50 bits per heavy atom. The Morgan fingerprint density at radius 1 is 1.00 bits per heavy atom. The lowest BCUT2D eigenvalue weighted by Crippen LogP contribution is -2.42. The number of nitrogens with zero attached hydrogens (tertiary/aromatic N) is 1. The van der Waals surface area contributed by atoms with E-state index in [1.54, 1.807) is 48.5 Å². The number of amides is 3. The van der Waals surface area contributed by atoms with Crippen LogP contribution in [0.1, 0.15) is 13.3 Å². The van der Waals surface area contributed by atoms with E-state index in [4.69, 9.17) is 0 Å². The molecule has 3 N–H and O–H groups in total. The summed E-state index contributed by atoms with van der Waals surface area (Å²) in [6, 6.07) is 17.5. The first-order valence-electron chi connectivity index (χ1n) is 8.77. The van der Waals surface area contributed by atoms with E-state index in [1.807, 2.05) is 19.1 Å². The highest BCUT2D eigenvalue weighted by Crippen LogP contribution is 2.20. The lowest BCUT2D eigenvalue weighted by Gasteiger charge is -2.21. The molecule has 0 spiro atoms. The summed E-state index contributed by atoms with van der Waals surface area (Å²) in [7, 11) is 0. The second kappa shape index (κ2) is 9.18. The van der Waals surface area contributed by atoms with E-state index in [0.717, 1.165) is 11.8 Å². The van der Waals surface area contributed by atoms with Crippen molar-refractivity contribution >= 4 is 46.0 Å². The van der Waals surface area contributed by atoms with Gasteiger partial charge in [0.15, 0.2) is 10.4 Å². The molecule has 1 aliphatic rings. The van der Waals surface area contributed by atoms with Crippen molar-refractivity contribution < 1.29 is 14.4 Å². The lowest BCUT2D eigenvalue weighted by atomic mass is 10.2. The van der Waals surface area contributed by atoms with Gasteiger partial charge in [-0.3, -0.25) is 19.4 Å². The maximum absolute atomic E-state index is 12.8. The Hall–Kier alpha value is -3.13. The standard InChI is InChI=1S/C20H20N4O3S/c1-13-12-16(25)24-20(21-13)28-17(18(26)22-14-8-4-2-5-9-14)19(27)23-15-10-6-3-7-11-15/h2-11,13,17H,12H2,1H3,(H,22,26)(H,23,27)(H,21,24,25)/t13-/m1/s1. The zero-order chi connectivity index (χ0) is 19.9. The Morgan fingerprint density at radius 3 is 1.96 bits per heavy atom. The van der Waals surface area contributed by atoms with Crippen molar-refractivity contribution in [2.75, 3.05) is 10.6 Å². The maximum Gasteiger partial charge on any atom is 0.247 e. The molecule has 3 amide bonds. The van der Waals surface area contributed by atoms with Crippen molar-refractivity contribution in [3.63, 3.8) is 0 Å². The highest BCUT2D eigenvalue weighted by atomic mass is 32.2. The number of para-hydroxylation sites is 2. The zero-order valence-corrected chi connectivity index (χ0v) is 16.0. The van der Waals surface area contributed by atoms with Crippen molar-refractivity contribution in [1.29, 1.82) is 0 Å². The predicted octanol–water partition coefficient (Wildman–Crippen LogP) is 2.63. The van der Waals surface area contributed by atoms with E-state index in [-0.39, 0.29) is 23.5 Å². The van der Waals surface area contributed by atoms with E-state index in [1.165, 1.54) is 0 Å². The largest absolute Gasteiger partial charge is 0.325 e. The molecule has 1 aliphatic heterocycles. The molecule has 0 radical (unpaired) electrons. The summed E-state index contributed by atoms with van der Waals surface area (Å²) in [4.78, 5) is 41.8. The second-order valence-electron chi connectivity index (χ2n) is 6.24. The highest BCUT2D eigenvalue weighted by Gasteiger charge is 2.31. The molecular weight excluding hydrogens is 376 g/mol. The first-order chi connectivity index (χ1) is 13.5. The molecule has 2 aromatic rings. The summed E-state index contributed by atoms with van der Waals surface area (Å²) in [5, 5.41) is 7.22. The van der Waals surface area contributed by atoms with Gasteiger partial charge in [0.2, 0.25) is 17.7 Å². The van der Waals surface area contributed by atoms with Gasteiger partial charge in [0.25, 0.3) is 0 Å². The highest BCUT2D eigenvalue weighted by molar-refractivity contribution is 8.15. The topological polar surface area (TPSA) is 99.7 Å². The Labute approximate surface area is 167 Å². The molecule has 0 unspecified atom stereocenters. The molecule has 8 heteroatoms. The van der Waals surface area contributed by atoms with Gasteiger partial charge in [0.05, 0.1) is 6.04 Å². The molecule has 144 valence electrons. The fourth-order valence-corrected chi connectivity index (χ4v) is 3.54. The number of thioether (sulfide) groups is 1. The van der Waals surface area contributed by atoms with Gasteiger partial charge < -0.3 is 16.0 Å². The minimum Gasteiger partial charge on any atom is -0.325 e. The van der Waals surface area contributed by atoms with Gasteiger partial charge >= 0.3 is 0 Å². The molecule has 1 heterocycles. The molecule has 28 heavy (non-hydrogen) atoms. The van der Waals surface area contributed by atoms with Crippen molar-refractivity contribution in [2.45, 2.75) is 24.6 Å². The maximum atomic E-state index is 12.8. The fourth-order valence-electron chi connectivity index (χ4n) is 2.57. The molecule has 0 bridgehead atoms. The lowest BCUT2D eigenvalue weighted by molar-refractivity contribution is -0.123. The molecule has 0 aromatic heterocycles. The molecular formula is C20H20N4O3S. The first-order valence-corrected chi connectivity index (χ1v) is 9.65. The van der Waals surface area contributed by atoms with Gasteiger partial charge in [0.1, 0.15) is 0 Å². The number of amidine groups is 1. The molecule has 3 rings (SSSR count). The van der Waals surface area contributed by atoms with Crippen molar-refractivity contribution in [1.82, 2.24) is 5.32 Å². The van der Waals surface area contributed by atoms with Crippen molar-refractivity contribution in [3.8, 4) is 0 Å². The summed E-state index contributed by atoms with van der Waals surface area (Å²) >= 11 is 0.922. The molecule has 2 aromatic carbocycles. The third kappa shape index (κ3) is 5.43. The summed E-state index contributed by atoms with van der Waals surface area (Å²) in [5.74, 6) is -1.18. The monoisotopic (exact) mass is 396 g/mol. The van der Waals surface area contributed by atoms with Crippen LogP contribution in [0.15, 0.2) is 65.7 Å². The molecule has 0 saturated carbocycles.